The topological polar surface area (TPSA) is 104 Å². The number of likely N-dealkylation sites (N-methyl/N-ethyl adjacent to an activating group) is 1. The van der Waals surface area contributed by atoms with Gasteiger partial charge >= 0.3 is 0 Å². The number of pyridine rings is 1. The second kappa shape index (κ2) is 8.85. The molecule has 5 heterocycles. The van der Waals surface area contributed by atoms with Gasteiger partial charge in [0, 0.05) is 31.2 Å². The molecule has 36 heavy (non-hydrogen) atoms. The van der Waals surface area contributed by atoms with Crippen molar-refractivity contribution in [3.8, 4) is 0 Å². The Labute approximate surface area is 216 Å². The van der Waals surface area contributed by atoms with Crippen LogP contribution in [0.1, 0.15) is 56.8 Å². The van der Waals surface area contributed by atoms with E-state index in [0.29, 0.717) is 11.8 Å². The Balaban J connectivity index is 1.25. The van der Waals surface area contributed by atoms with E-state index in [1.807, 2.05) is 24.9 Å². The van der Waals surface area contributed by atoms with E-state index in [2.05, 4.69) is 22.1 Å². The number of aryl methyl sites for hydroxylation is 1. The van der Waals surface area contributed by atoms with Crippen LogP contribution in [0.25, 0.3) is 0 Å². The molecule has 2 aromatic rings. The number of rotatable bonds is 4. The molecule has 9 nitrogen and oxygen atoms in total. The Morgan fingerprint density at radius 2 is 2.00 bits per heavy atom. The van der Waals surface area contributed by atoms with E-state index in [4.69, 9.17) is 14.7 Å². The molecule has 1 aliphatic carbocycles. The molecule has 10 heteroatoms. The van der Waals surface area contributed by atoms with Crippen molar-refractivity contribution in [2.45, 2.75) is 80.5 Å². The molecule has 0 unspecified atom stereocenters. The average Bonchev–Trinajstić information content (AvgIpc) is 3.20. The van der Waals surface area contributed by atoms with Gasteiger partial charge in [-0.3, -0.25) is 4.79 Å². The van der Waals surface area contributed by atoms with Crippen LogP contribution < -0.4 is 15.1 Å². The van der Waals surface area contributed by atoms with Crippen LogP contribution in [0.5, 0.6) is 0 Å². The zero-order valence-electron chi connectivity index (χ0n) is 21.2. The fourth-order valence-corrected chi connectivity index (χ4v) is 7.15. The molecule has 0 bridgehead atoms. The van der Waals surface area contributed by atoms with Gasteiger partial charge in [-0.2, -0.15) is 0 Å². The summed E-state index contributed by atoms with van der Waals surface area (Å²) in [6, 6.07) is 1.90. The summed E-state index contributed by atoms with van der Waals surface area (Å²) in [5.41, 5.74) is 1.93. The van der Waals surface area contributed by atoms with Gasteiger partial charge in [-0.15, -0.1) is 0 Å². The summed E-state index contributed by atoms with van der Waals surface area (Å²) in [5, 5.41) is 14.0. The largest absolute Gasteiger partial charge is 0.390 e. The summed E-state index contributed by atoms with van der Waals surface area (Å²) in [6.45, 7) is 6.57. The number of aliphatic hydroxyl groups excluding tert-OH is 1. The highest BCUT2D eigenvalue weighted by molar-refractivity contribution is 7.99. The first-order valence-corrected chi connectivity index (χ1v) is 13.7. The van der Waals surface area contributed by atoms with E-state index in [0.717, 1.165) is 91.2 Å². The van der Waals surface area contributed by atoms with Crippen molar-refractivity contribution in [3.05, 3.63) is 23.7 Å². The number of aliphatic hydroxyl groups is 1. The highest BCUT2D eigenvalue weighted by Gasteiger charge is 2.51. The molecule has 3 aliphatic heterocycles. The smallest absolute Gasteiger partial charge is 0.250 e. The Morgan fingerprint density at radius 1 is 1.22 bits per heavy atom. The van der Waals surface area contributed by atoms with Crippen LogP contribution in [0.4, 0.5) is 17.3 Å². The molecule has 192 valence electrons. The van der Waals surface area contributed by atoms with E-state index >= 15 is 0 Å². The molecule has 4 aliphatic rings. The highest BCUT2D eigenvalue weighted by atomic mass is 32.2. The third-order valence-electron chi connectivity index (χ3n) is 8.65. The van der Waals surface area contributed by atoms with Gasteiger partial charge in [0.25, 0.3) is 0 Å². The van der Waals surface area contributed by atoms with Crippen molar-refractivity contribution in [1.29, 1.82) is 0 Å². The number of anilines is 3. The van der Waals surface area contributed by atoms with Gasteiger partial charge in [-0.1, -0.05) is 11.8 Å². The standard InChI is InChI=1S/C26H34N6O3S/c1-16-13-25(15-35-16)8-11-32(12-9-25)21-18(14-33)29-23(17(2)28-21)36-19-5-10-27-22-20(19)30-24(34)26(31(22)3)6-4-7-26/h5,10,16,33H,4,6-9,11-15H2,1-3H3,(H,30,34)/t16-/m0/s1. The molecule has 2 N–H and O–H groups in total. The quantitative estimate of drug-likeness (QED) is 0.639. The van der Waals surface area contributed by atoms with Crippen molar-refractivity contribution in [2.75, 3.05) is 41.9 Å². The van der Waals surface area contributed by atoms with Crippen LogP contribution >= 0.6 is 11.8 Å². The Morgan fingerprint density at radius 3 is 2.64 bits per heavy atom. The molecule has 1 amide bonds. The van der Waals surface area contributed by atoms with Crippen LogP contribution in [0.3, 0.4) is 0 Å². The van der Waals surface area contributed by atoms with Crippen LogP contribution in [0.15, 0.2) is 22.2 Å². The maximum absolute atomic E-state index is 13.0. The van der Waals surface area contributed by atoms with Gasteiger partial charge in [-0.25, -0.2) is 15.0 Å². The Hall–Kier alpha value is -2.43. The lowest BCUT2D eigenvalue weighted by Gasteiger charge is -2.50. The van der Waals surface area contributed by atoms with Gasteiger partial charge in [0.05, 0.1) is 30.7 Å². The highest BCUT2D eigenvalue weighted by Crippen LogP contribution is 2.49. The molecule has 1 saturated carbocycles. The van der Waals surface area contributed by atoms with Crippen molar-refractivity contribution in [1.82, 2.24) is 15.0 Å². The molecule has 0 aromatic carbocycles. The van der Waals surface area contributed by atoms with Crippen LogP contribution in [0, 0.1) is 12.3 Å². The fraction of sp³-hybridized carbons (Fsp3) is 0.615. The number of aromatic nitrogens is 3. The number of carbonyl (C=O) groups excluding carboxylic acids is 1. The molecule has 1 atom stereocenters. The lowest BCUT2D eigenvalue weighted by molar-refractivity contribution is -0.124. The minimum Gasteiger partial charge on any atom is -0.390 e. The average molecular weight is 511 g/mol. The summed E-state index contributed by atoms with van der Waals surface area (Å²) < 4.78 is 5.87. The first-order chi connectivity index (χ1) is 17.3. The van der Waals surface area contributed by atoms with Crippen molar-refractivity contribution >= 4 is 35.0 Å². The number of carbonyl (C=O) groups is 1. The normalized spacial score (nSPS) is 24.1. The predicted octanol–water partition coefficient (Wildman–Crippen LogP) is 3.53. The number of ether oxygens (including phenoxy) is 1. The van der Waals surface area contributed by atoms with Crippen molar-refractivity contribution in [2.24, 2.45) is 5.41 Å². The summed E-state index contributed by atoms with van der Waals surface area (Å²) in [7, 11) is 1.96. The summed E-state index contributed by atoms with van der Waals surface area (Å²) in [5.74, 6) is 1.60. The summed E-state index contributed by atoms with van der Waals surface area (Å²) in [6.07, 6.45) is 8.13. The van der Waals surface area contributed by atoms with Crippen LogP contribution in [0.2, 0.25) is 0 Å². The fourth-order valence-electron chi connectivity index (χ4n) is 6.22. The second-order valence-electron chi connectivity index (χ2n) is 10.9. The van der Waals surface area contributed by atoms with Crippen LogP contribution in [-0.4, -0.2) is 64.4 Å². The number of nitrogens with zero attached hydrogens (tertiary/aromatic N) is 5. The van der Waals surface area contributed by atoms with Gasteiger partial charge in [0.2, 0.25) is 5.91 Å². The van der Waals surface area contributed by atoms with E-state index in [-0.39, 0.29) is 17.9 Å². The predicted molar refractivity (Wildman–Crippen MR) is 139 cm³/mol. The molecule has 2 saturated heterocycles. The first kappa shape index (κ1) is 23.9. The number of hydrogen-bond donors (Lipinski definition) is 2. The minimum absolute atomic E-state index is 0.0396. The Bertz CT molecular complexity index is 1190. The van der Waals surface area contributed by atoms with E-state index in [1.54, 1.807) is 6.20 Å². The molecule has 2 spiro atoms. The molecule has 2 aromatic heterocycles. The second-order valence-corrected chi connectivity index (χ2v) is 11.9. The number of nitrogens with one attached hydrogen (secondary N) is 1. The summed E-state index contributed by atoms with van der Waals surface area (Å²) in [4.78, 5) is 32.5. The van der Waals surface area contributed by atoms with Gasteiger partial charge in [-0.05, 0) is 63.9 Å². The Kier molecular flexibility index (Phi) is 5.88. The molecule has 0 radical (unpaired) electrons. The van der Waals surface area contributed by atoms with E-state index in [1.165, 1.54) is 11.8 Å². The first-order valence-electron chi connectivity index (χ1n) is 12.9. The zero-order chi connectivity index (χ0) is 25.1. The number of fused-ring (bicyclic) bond motifs is 1. The van der Waals surface area contributed by atoms with Gasteiger partial charge in [0.15, 0.2) is 11.6 Å². The minimum atomic E-state index is -0.472. The lowest BCUT2D eigenvalue weighted by Crippen LogP contribution is -2.62. The molecular formula is C26H34N6O3S. The SMILES string of the molecule is Cc1nc(N2CCC3(CC2)CO[C@@H](C)C3)c(CO)nc1Sc1ccnc2c1NC(=O)C1(CCC1)N2C. The van der Waals surface area contributed by atoms with Gasteiger partial charge in [0.1, 0.15) is 16.3 Å². The van der Waals surface area contributed by atoms with E-state index < -0.39 is 5.54 Å². The van der Waals surface area contributed by atoms with E-state index in [9.17, 15) is 9.90 Å². The maximum atomic E-state index is 13.0. The zero-order valence-corrected chi connectivity index (χ0v) is 22.0. The van der Waals surface area contributed by atoms with Crippen LogP contribution in [-0.2, 0) is 16.1 Å². The lowest BCUT2D eigenvalue weighted by atomic mass is 9.73. The van der Waals surface area contributed by atoms with Crippen molar-refractivity contribution < 1.29 is 14.6 Å². The third kappa shape index (κ3) is 3.76. The van der Waals surface area contributed by atoms with Gasteiger partial charge < -0.3 is 25.0 Å². The number of hydrogen-bond acceptors (Lipinski definition) is 9. The van der Waals surface area contributed by atoms with Crippen molar-refractivity contribution in [3.63, 3.8) is 0 Å². The number of amides is 1. The monoisotopic (exact) mass is 510 g/mol. The molecule has 3 fully saturated rings. The molecular weight excluding hydrogens is 476 g/mol. The summed E-state index contributed by atoms with van der Waals surface area (Å²) >= 11 is 1.46. The number of piperidine rings is 1. The maximum Gasteiger partial charge on any atom is 0.250 e. The molecule has 6 rings (SSSR count). The third-order valence-corrected chi connectivity index (χ3v) is 9.79.